The number of benzene rings is 1. The summed E-state index contributed by atoms with van der Waals surface area (Å²) in [6, 6.07) is 12.0. The Labute approximate surface area is 165 Å². The highest BCUT2D eigenvalue weighted by molar-refractivity contribution is 5.93. The summed E-state index contributed by atoms with van der Waals surface area (Å²) in [5.41, 5.74) is 1.63. The number of hydrogen-bond donors (Lipinski definition) is 0. The second kappa shape index (κ2) is 8.24. The molecule has 0 unspecified atom stereocenters. The van der Waals surface area contributed by atoms with Gasteiger partial charge in [0.2, 0.25) is 0 Å². The van der Waals surface area contributed by atoms with Crippen LogP contribution in [-0.4, -0.2) is 59.4 Å². The van der Waals surface area contributed by atoms with Crippen molar-refractivity contribution in [3.63, 3.8) is 0 Å². The lowest BCUT2D eigenvalue weighted by Crippen LogP contribution is -2.47. The van der Waals surface area contributed by atoms with E-state index in [1.165, 1.54) is 11.9 Å². The summed E-state index contributed by atoms with van der Waals surface area (Å²) >= 11 is 0. The first-order valence-corrected chi connectivity index (χ1v) is 9.87. The van der Waals surface area contributed by atoms with Crippen molar-refractivity contribution in [3.8, 4) is 0 Å². The molecule has 1 spiro atoms. The van der Waals surface area contributed by atoms with Gasteiger partial charge < -0.3 is 19.3 Å². The van der Waals surface area contributed by atoms with Crippen LogP contribution in [0.3, 0.4) is 0 Å². The Hall–Kier alpha value is -2.51. The van der Waals surface area contributed by atoms with E-state index in [0.717, 1.165) is 18.9 Å². The van der Waals surface area contributed by atoms with Gasteiger partial charge in [-0.05, 0) is 12.5 Å². The number of likely N-dealkylation sites (tertiary alicyclic amines) is 1. The molecule has 1 amide bonds. The zero-order valence-corrected chi connectivity index (χ0v) is 16.2. The zero-order valence-electron chi connectivity index (χ0n) is 16.2. The van der Waals surface area contributed by atoms with Crippen LogP contribution >= 0.6 is 0 Å². The molecule has 2 aromatic rings. The average Bonchev–Trinajstić information content (AvgIpc) is 3.21. The van der Waals surface area contributed by atoms with E-state index >= 15 is 0 Å². The molecule has 0 saturated carbocycles. The highest BCUT2D eigenvalue weighted by atomic mass is 16.7. The van der Waals surface area contributed by atoms with Gasteiger partial charge in [0.25, 0.3) is 5.91 Å². The lowest BCUT2D eigenvalue weighted by atomic mass is 10.0. The van der Waals surface area contributed by atoms with Crippen molar-refractivity contribution in [3.05, 3.63) is 54.0 Å². The van der Waals surface area contributed by atoms with Crippen LogP contribution in [0, 0.1) is 0 Å². The van der Waals surface area contributed by atoms with Crippen LogP contribution in [-0.2, 0) is 16.0 Å². The van der Waals surface area contributed by atoms with Gasteiger partial charge in [0.1, 0.15) is 17.8 Å². The molecular formula is C21H26N4O3. The van der Waals surface area contributed by atoms with Gasteiger partial charge in [-0.3, -0.25) is 4.79 Å². The van der Waals surface area contributed by atoms with Crippen molar-refractivity contribution in [2.75, 3.05) is 37.7 Å². The Morgan fingerprint density at radius 2 is 1.86 bits per heavy atom. The first kappa shape index (κ1) is 18.8. The molecule has 0 radical (unpaired) electrons. The maximum Gasteiger partial charge on any atom is 0.272 e. The maximum atomic E-state index is 13.0. The summed E-state index contributed by atoms with van der Waals surface area (Å²) in [6.07, 6.45) is 2.88. The van der Waals surface area contributed by atoms with Gasteiger partial charge in [-0.1, -0.05) is 30.3 Å². The van der Waals surface area contributed by atoms with E-state index in [-0.39, 0.29) is 5.91 Å². The molecule has 7 nitrogen and oxygen atoms in total. The fourth-order valence-electron chi connectivity index (χ4n) is 3.79. The number of aromatic nitrogens is 2. The Kier molecular flexibility index (Phi) is 5.54. The smallest absolute Gasteiger partial charge is 0.272 e. The number of rotatable bonds is 5. The van der Waals surface area contributed by atoms with Crippen LogP contribution in [0.25, 0.3) is 0 Å². The standard InChI is InChI=1S/C21H26N4O3/c1-2-24(15-17-6-4-3-5-7-17)19-14-18(22-16-23-19)20(26)25-10-8-21(9-11-25)27-12-13-28-21/h3-7,14,16H,2,8-13,15H2,1H3. The first-order chi connectivity index (χ1) is 13.7. The van der Waals surface area contributed by atoms with Crippen LogP contribution in [0.2, 0.25) is 0 Å². The largest absolute Gasteiger partial charge is 0.352 e. The lowest BCUT2D eigenvalue weighted by Gasteiger charge is -2.37. The van der Waals surface area contributed by atoms with Gasteiger partial charge in [-0.25, -0.2) is 9.97 Å². The average molecular weight is 382 g/mol. The normalized spacial score (nSPS) is 18.4. The molecular weight excluding hydrogens is 356 g/mol. The topological polar surface area (TPSA) is 67.8 Å². The molecule has 0 aliphatic carbocycles. The summed E-state index contributed by atoms with van der Waals surface area (Å²) in [5.74, 6) is 0.218. The number of carbonyl (C=O) groups excluding carboxylic acids is 1. The first-order valence-electron chi connectivity index (χ1n) is 9.87. The number of anilines is 1. The molecule has 148 valence electrons. The second-order valence-electron chi connectivity index (χ2n) is 7.16. The molecule has 0 N–H and O–H groups in total. The van der Waals surface area contributed by atoms with Gasteiger partial charge in [-0.2, -0.15) is 0 Å². The van der Waals surface area contributed by atoms with E-state index < -0.39 is 5.79 Å². The third-order valence-corrected chi connectivity index (χ3v) is 5.42. The molecule has 2 aliphatic heterocycles. The molecule has 2 saturated heterocycles. The molecule has 7 heteroatoms. The molecule has 4 rings (SSSR count). The molecule has 1 aromatic carbocycles. The maximum absolute atomic E-state index is 13.0. The molecule has 0 atom stereocenters. The fraction of sp³-hybridized carbons (Fsp3) is 0.476. The van der Waals surface area contributed by atoms with Gasteiger partial charge in [0.05, 0.1) is 13.2 Å². The number of carbonyl (C=O) groups is 1. The molecule has 2 fully saturated rings. The predicted octanol–water partition coefficient (Wildman–Crippen LogP) is 2.48. The number of ether oxygens (including phenoxy) is 2. The summed E-state index contributed by atoms with van der Waals surface area (Å²) < 4.78 is 11.5. The zero-order chi connectivity index (χ0) is 19.4. The third kappa shape index (κ3) is 4.00. The van der Waals surface area contributed by atoms with Crippen molar-refractivity contribution in [1.29, 1.82) is 0 Å². The van der Waals surface area contributed by atoms with E-state index in [0.29, 0.717) is 44.8 Å². The van der Waals surface area contributed by atoms with E-state index in [4.69, 9.17) is 9.47 Å². The highest BCUT2D eigenvalue weighted by Gasteiger charge is 2.41. The van der Waals surface area contributed by atoms with Crippen LogP contribution in [0.5, 0.6) is 0 Å². The summed E-state index contributed by atoms with van der Waals surface area (Å²) in [5, 5.41) is 0. The van der Waals surface area contributed by atoms with Crippen LogP contribution in [0.1, 0.15) is 35.8 Å². The van der Waals surface area contributed by atoms with E-state index in [1.807, 2.05) is 23.1 Å². The Bertz CT molecular complexity index is 798. The number of piperidine rings is 1. The molecule has 0 bridgehead atoms. The molecule has 1 aromatic heterocycles. The minimum Gasteiger partial charge on any atom is -0.352 e. The monoisotopic (exact) mass is 382 g/mol. The Balaban J connectivity index is 1.44. The Morgan fingerprint density at radius 1 is 1.14 bits per heavy atom. The van der Waals surface area contributed by atoms with E-state index in [1.54, 1.807) is 6.07 Å². The quantitative estimate of drug-likeness (QED) is 0.791. The van der Waals surface area contributed by atoms with Crippen molar-refractivity contribution < 1.29 is 14.3 Å². The third-order valence-electron chi connectivity index (χ3n) is 5.42. The molecule has 2 aliphatic rings. The van der Waals surface area contributed by atoms with Gasteiger partial charge in [0, 0.05) is 45.1 Å². The minimum absolute atomic E-state index is 0.0627. The summed E-state index contributed by atoms with van der Waals surface area (Å²) in [4.78, 5) is 25.6. The van der Waals surface area contributed by atoms with Crippen molar-refractivity contribution >= 4 is 11.7 Å². The van der Waals surface area contributed by atoms with Crippen molar-refractivity contribution in [2.24, 2.45) is 0 Å². The number of hydrogen-bond acceptors (Lipinski definition) is 6. The van der Waals surface area contributed by atoms with E-state index in [2.05, 4.69) is 33.9 Å². The molecule has 28 heavy (non-hydrogen) atoms. The highest BCUT2D eigenvalue weighted by Crippen LogP contribution is 2.31. The van der Waals surface area contributed by atoms with E-state index in [9.17, 15) is 4.79 Å². The van der Waals surface area contributed by atoms with Crippen LogP contribution in [0.4, 0.5) is 5.82 Å². The predicted molar refractivity (Wildman–Crippen MR) is 105 cm³/mol. The lowest BCUT2D eigenvalue weighted by molar-refractivity contribution is -0.181. The van der Waals surface area contributed by atoms with Crippen molar-refractivity contribution in [2.45, 2.75) is 32.1 Å². The number of amides is 1. The van der Waals surface area contributed by atoms with Gasteiger partial charge >= 0.3 is 0 Å². The SMILES string of the molecule is CCN(Cc1ccccc1)c1cc(C(=O)N2CCC3(CC2)OCCO3)ncn1. The van der Waals surface area contributed by atoms with Crippen molar-refractivity contribution in [1.82, 2.24) is 14.9 Å². The molecule has 3 heterocycles. The second-order valence-corrected chi connectivity index (χ2v) is 7.16. The van der Waals surface area contributed by atoms with Crippen LogP contribution in [0.15, 0.2) is 42.7 Å². The Morgan fingerprint density at radius 3 is 2.54 bits per heavy atom. The summed E-state index contributed by atoms with van der Waals surface area (Å²) in [6.45, 7) is 6.11. The summed E-state index contributed by atoms with van der Waals surface area (Å²) in [7, 11) is 0. The minimum atomic E-state index is -0.484. The number of nitrogens with zero attached hydrogens (tertiary/aromatic N) is 4. The van der Waals surface area contributed by atoms with Gasteiger partial charge in [-0.15, -0.1) is 0 Å². The van der Waals surface area contributed by atoms with Gasteiger partial charge in [0.15, 0.2) is 5.79 Å². The van der Waals surface area contributed by atoms with Crippen LogP contribution < -0.4 is 4.90 Å². The fourth-order valence-corrected chi connectivity index (χ4v) is 3.79.